The maximum Gasteiger partial charge on any atom is 0.275 e. The second-order valence-electron chi connectivity index (χ2n) is 6.04. The summed E-state index contributed by atoms with van der Waals surface area (Å²) in [5.41, 5.74) is 7.42. The minimum absolute atomic E-state index is 0.0737. The summed E-state index contributed by atoms with van der Waals surface area (Å²) in [7, 11) is 4.01. The number of nitrogens with one attached hydrogen (secondary N) is 1. The minimum Gasteiger partial charge on any atom is -0.378 e. The first-order valence-electron chi connectivity index (χ1n) is 8.35. The van der Waals surface area contributed by atoms with Gasteiger partial charge in [-0.15, -0.1) is 10.4 Å². The zero-order chi connectivity index (χ0) is 17.8. The fourth-order valence-electron chi connectivity index (χ4n) is 2.74. The normalized spacial score (nSPS) is 14.7. The van der Waals surface area contributed by atoms with E-state index in [1.165, 1.54) is 0 Å². The molecule has 0 amide bonds. The van der Waals surface area contributed by atoms with Gasteiger partial charge in [0.05, 0.1) is 6.54 Å². The molecule has 0 radical (unpaired) electrons. The van der Waals surface area contributed by atoms with Crippen molar-refractivity contribution in [2.45, 2.75) is 6.92 Å². The molecule has 0 fully saturated rings. The third-order valence-corrected chi connectivity index (χ3v) is 4.08. The number of hydrogen-bond acceptors (Lipinski definition) is 4. The molecule has 0 aromatic heterocycles. The van der Waals surface area contributed by atoms with E-state index >= 15 is 0 Å². The Balaban J connectivity index is 1.72. The Kier molecular flexibility index (Phi) is 4.84. The third kappa shape index (κ3) is 3.71. The molecule has 1 heterocycles. The first-order valence-corrected chi connectivity index (χ1v) is 8.35. The molecule has 1 aliphatic rings. The molecule has 1 N–H and O–H groups in total. The predicted octanol–water partition coefficient (Wildman–Crippen LogP) is 3.20. The van der Waals surface area contributed by atoms with Crippen LogP contribution in [-0.4, -0.2) is 37.4 Å². The first kappa shape index (κ1) is 16.8. The lowest BCUT2D eigenvalue weighted by Crippen LogP contribution is -2.35. The lowest BCUT2D eigenvalue weighted by atomic mass is 10.2. The molecule has 0 spiro atoms. The van der Waals surface area contributed by atoms with Crippen LogP contribution < -0.4 is 15.3 Å². The maximum atomic E-state index is 12.3. The van der Waals surface area contributed by atoms with E-state index in [1.54, 1.807) is 17.1 Å². The van der Waals surface area contributed by atoms with E-state index in [2.05, 4.69) is 12.3 Å². The van der Waals surface area contributed by atoms with Crippen molar-refractivity contribution in [3.05, 3.63) is 60.2 Å². The van der Waals surface area contributed by atoms with Gasteiger partial charge in [0.1, 0.15) is 11.4 Å². The summed E-state index contributed by atoms with van der Waals surface area (Å²) in [6.07, 6.45) is 4.98. The third-order valence-electron chi connectivity index (χ3n) is 4.08. The summed E-state index contributed by atoms with van der Waals surface area (Å²) in [5, 5.41) is 2.02. The molecule has 0 saturated heterocycles. The van der Waals surface area contributed by atoms with Gasteiger partial charge in [-0.25, -0.2) is 0 Å². The van der Waals surface area contributed by atoms with Crippen LogP contribution in [0.1, 0.15) is 12.5 Å². The van der Waals surface area contributed by atoms with E-state index in [0.717, 1.165) is 29.2 Å². The lowest BCUT2D eigenvalue weighted by Gasteiger charge is -2.11. The number of fused-ring (bicyclic) bond motifs is 1. The quantitative estimate of drug-likeness (QED) is 0.673. The van der Waals surface area contributed by atoms with Gasteiger partial charge in [0.25, 0.3) is 6.21 Å². The van der Waals surface area contributed by atoms with Crippen LogP contribution in [0.15, 0.2) is 54.6 Å². The van der Waals surface area contributed by atoms with Gasteiger partial charge in [-0.3, -0.25) is 4.79 Å². The van der Waals surface area contributed by atoms with Crippen molar-refractivity contribution in [2.75, 3.05) is 36.0 Å². The maximum absolute atomic E-state index is 12.3. The average molecular weight is 335 g/mol. The second-order valence-corrected chi connectivity index (χ2v) is 6.04. The molecule has 0 atom stereocenters. The predicted molar refractivity (Wildman–Crippen MR) is 104 cm³/mol. The highest BCUT2D eigenvalue weighted by Crippen LogP contribution is 2.30. The molecule has 0 bridgehead atoms. The number of carbonyl (C=O) groups excluding carboxylic acids is 1. The van der Waals surface area contributed by atoms with Crippen LogP contribution in [0.25, 0.3) is 6.08 Å². The standard InChI is InChI=1S/C20H22N4O/c1-4-23-20-8-6-5-7-19(20)21-24(23)15-18(25)14-11-16-9-12-17(13-10-16)22(2)3/h5-15H,4H2,1-3H3/p+1. The minimum atomic E-state index is -0.0737. The van der Waals surface area contributed by atoms with Crippen molar-refractivity contribution >= 4 is 35.1 Å². The zero-order valence-corrected chi connectivity index (χ0v) is 14.8. The van der Waals surface area contributed by atoms with E-state index in [1.807, 2.05) is 78.6 Å². The van der Waals surface area contributed by atoms with Gasteiger partial charge in [-0.05, 0) is 42.8 Å². The van der Waals surface area contributed by atoms with Crippen molar-refractivity contribution in [1.82, 2.24) is 0 Å². The summed E-state index contributed by atoms with van der Waals surface area (Å²) >= 11 is 0. The van der Waals surface area contributed by atoms with Gasteiger partial charge in [0, 0.05) is 24.6 Å². The van der Waals surface area contributed by atoms with Gasteiger partial charge in [0.2, 0.25) is 5.78 Å². The Morgan fingerprint density at radius 2 is 1.88 bits per heavy atom. The summed E-state index contributed by atoms with van der Waals surface area (Å²) in [6, 6.07) is 16.1. The molecule has 5 heteroatoms. The van der Waals surface area contributed by atoms with Gasteiger partial charge < -0.3 is 4.90 Å². The summed E-state index contributed by atoms with van der Waals surface area (Å²) in [5.74, 6) is -0.0737. The van der Waals surface area contributed by atoms with Crippen LogP contribution >= 0.6 is 0 Å². The number of hydrogen-bond donors (Lipinski definition) is 1. The molecule has 2 aromatic carbocycles. The van der Waals surface area contributed by atoms with E-state index in [0.29, 0.717) is 0 Å². The number of hydrazone groups is 2. The average Bonchev–Trinajstić information content (AvgIpc) is 2.97. The fourth-order valence-corrected chi connectivity index (χ4v) is 2.74. The first-order chi connectivity index (χ1) is 12.1. The fraction of sp³-hybridized carbons (Fsp3) is 0.200. The Hall–Kier alpha value is -3.08. The number of rotatable bonds is 5. The van der Waals surface area contributed by atoms with Crippen molar-refractivity contribution in [2.24, 2.45) is 0 Å². The molecule has 2 aromatic rings. The van der Waals surface area contributed by atoms with Crippen molar-refractivity contribution < 1.29 is 9.59 Å². The Labute approximate surface area is 148 Å². The van der Waals surface area contributed by atoms with Gasteiger partial charge in [0.15, 0.2) is 0 Å². The smallest absolute Gasteiger partial charge is 0.275 e. The van der Waals surface area contributed by atoms with Crippen LogP contribution in [0.3, 0.4) is 0 Å². The number of carbonyl (C=O) groups is 1. The molecule has 25 heavy (non-hydrogen) atoms. The number of allylic oxidation sites excluding steroid dienone is 1. The Morgan fingerprint density at radius 3 is 2.56 bits per heavy atom. The van der Waals surface area contributed by atoms with E-state index in [9.17, 15) is 4.79 Å². The van der Waals surface area contributed by atoms with Crippen LogP contribution in [0.4, 0.5) is 17.1 Å². The molecular weight excluding hydrogens is 312 g/mol. The van der Waals surface area contributed by atoms with Gasteiger partial charge in [-0.2, -0.15) is 0 Å². The number of benzene rings is 2. The van der Waals surface area contributed by atoms with Gasteiger partial charge in [-0.1, -0.05) is 30.3 Å². The van der Waals surface area contributed by atoms with Crippen molar-refractivity contribution in [1.29, 1.82) is 0 Å². The molecule has 0 unspecified atom stereocenters. The van der Waals surface area contributed by atoms with Crippen LogP contribution in [0, 0.1) is 0 Å². The summed E-state index contributed by atoms with van der Waals surface area (Å²) in [4.78, 5) is 16.1. The monoisotopic (exact) mass is 335 g/mol. The lowest BCUT2D eigenvalue weighted by molar-refractivity contribution is -0.496. The summed E-state index contributed by atoms with van der Waals surface area (Å²) < 4.78 is 0. The Bertz CT molecular complexity index is 822. The van der Waals surface area contributed by atoms with Crippen LogP contribution in [0.5, 0.6) is 0 Å². The highest BCUT2D eigenvalue weighted by atomic mass is 16.1. The van der Waals surface area contributed by atoms with E-state index in [-0.39, 0.29) is 5.78 Å². The highest BCUT2D eigenvalue weighted by molar-refractivity contribution is 6.32. The largest absolute Gasteiger partial charge is 0.378 e. The molecule has 3 rings (SSSR count). The van der Waals surface area contributed by atoms with E-state index in [4.69, 9.17) is 0 Å². The zero-order valence-electron chi connectivity index (χ0n) is 14.8. The summed E-state index contributed by atoms with van der Waals surface area (Å²) in [6.45, 7) is 2.82. The second kappa shape index (κ2) is 7.21. The van der Waals surface area contributed by atoms with Crippen molar-refractivity contribution in [3.63, 3.8) is 0 Å². The molecule has 0 aliphatic carbocycles. The number of para-hydroxylation sites is 2. The SMILES string of the molecule is CCN1c2ccccc2N[N+]1=CC(=O)C=Cc1ccc(N(C)C)cc1. The highest BCUT2D eigenvalue weighted by Gasteiger charge is 2.29. The van der Waals surface area contributed by atoms with Crippen LogP contribution in [0.2, 0.25) is 0 Å². The number of hydrazine groups is 2. The molecule has 0 saturated carbocycles. The van der Waals surface area contributed by atoms with E-state index < -0.39 is 0 Å². The molecule has 5 nitrogen and oxygen atoms in total. The molecular formula is C20H23N4O+. The molecule has 1 aliphatic heterocycles. The molecule has 128 valence electrons. The Morgan fingerprint density at radius 1 is 1.16 bits per heavy atom. The van der Waals surface area contributed by atoms with Crippen molar-refractivity contribution in [3.8, 4) is 0 Å². The van der Waals surface area contributed by atoms with Crippen LogP contribution in [-0.2, 0) is 4.79 Å². The number of anilines is 3. The van der Waals surface area contributed by atoms with Gasteiger partial charge >= 0.3 is 0 Å². The number of nitrogens with zero attached hydrogens (tertiary/aromatic N) is 3. The number of ketones is 1. The topological polar surface area (TPSA) is 38.6 Å².